The fourth-order valence-corrected chi connectivity index (χ4v) is 4.78. The summed E-state index contributed by atoms with van der Waals surface area (Å²) < 4.78 is 33.4. The third-order valence-corrected chi connectivity index (χ3v) is 6.36. The molecule has 0 aromatic carbocycles. The number of hydrogen-bond donors (Lipinski definition) is 2. The van der Waals surface area contributed by atoms with E-state index in [1.165, 1.54) is 0 Å². The van der Waals surface area contributed by atoms with Crippen LogP contribution in [0, 0.1) is 0 Å². The van der Waals surface area contributed by atoms with Crippen molar-refractivity contribution in [1.29, 1.82) is 0 Å². The molecule has 9 atom stereocenters. The first-order chi connectivity index (χ1) is 13.4. The lowest BCUT2D eigenvalue weighted by Crippen LogP contribution is -2.40. The van der Waals surface area contributed by atoms with Crippen molar-refractivity contribution >= 4 is 18.5 Å². The van der Waals surface area contributed by atoms with Gasteiger partial charge in [0.2, 0.25) is 0 Å². The zero-order valence-corrected chi connectivity index (χ0v) is 19.5. The van der Waals surface area contributed by atoms with Crippen molar-refractivity contribution in [3.05, 3.63) is 0 Å². The number of hydrogen-bond acceptors (Lipinski definition) is 10. The van der Waals surface area contributed by atoms with E-state index < -0.39 is 55.6 Å². The van der Waals surface area contributed by atoms with Gasteiger partial charge < -0.3 is 43.1 Å². The molecule has 11 heteroatoms. The third-order valence-electron chi connectivity index (χ3n) is 4.82. The van der Waals surface area contributed by atoms with E-state index in [1.54, 1.807) is 13.8 Å². The van der Waals surface area contributed by atoms with Crippen LogP contribution in [-0.4, -0.2) is 84.5 Å². The van der Waals surface area contributed by atoms with E-state index in [0.29, 0.717) is 0 Å². The zero-order valence-electron chi connectivity index (χ0n) is 17.8. The summed E-state index contributed by atoms with van der Waals surface area (Å²) >= 11 is 5.02. The fraction of sp³-hybridized carbons (Fsp3) is 1.00. The highest BCUT2D eigenvalue weighted by atomic mass is 32.5. The SMILES string of the molecule is CC(C)OC[C@H]1O[C@@H](C)[C@@H](O)C1OP([O-])(=S)OC[C@H]1O[C@@H](C)[C@@H](O)C1OC(C)C. The minimum atomic E-state index is -3.97. The van der Waals surface area contributed by atoms with Crippen molar-refractivity contribution in [3.63, 3.8) is 0 Å². The standard InChI is InChI=1S/C18H35O9PS/c1-9(2)22-7-13-18(16(20)12(6)25-13)27-28(21,29)23-8-14-17(24-10(3)4)15(19)11(5)26-14/h9-20H,7-8H2,1-6H3,(H,21,29)/p-1/t11-,12-,13+,14+,15+,16+,17?,18?,28?/m0/s1. The van der Waals surface area contributed by atoms with Crippen molar-refractivity contribution in [3.8, 4) is 0 Å². The first-order valence-corrected chi connectivity index (χ1v) is 12.5. The predicted molar refractivity (Wildman–Crippen MR) is 107 cm³/mol. The molecule has 0 radical (unpaired) electrons. The van der Waals surface area contributed by atoms with Crippen LogP contribution in [0.3, 0.4) is 0 Å². The molecule has 0 aromatic rings. The van der Waals surface area contributed by atoms with Crippen molar-refractivity contribution in [1.82, 2.24) is 0 Å². The van der Waals surface area contributed by atoms with Crippen molar-refractivity contribution in [2.75, 3.05) is 13.2 Å². The highest BCUT2D eigenvalue weighted by Gasteiger charge is 2.45. The number of aliphatic hydroxyl groups is 2. The Balaban J connectivity index is 1.96. The molecule has 0 bridgehead atoms. The molecular formula is C18H34O9PS-. The van der Waals surface area contributed by atoms with E-state index >= 15 is 0 Å². The zero-order chi connectivity index (χ0) is 21.9. The van der Waals surface area contributed by atoms with Gasteiger partial charge in [-0.05, 0) is 41.5 Å². The molecule has 172 valence electrons. The Bertz CT molecular complexity index is 563. The molecule has 0 aromatic heterocycles. The molecular weight excluding hydrogens is 423 g/mol. The Kier molecular flexibility index (Phi) is 9.46. The highest BCUT2D eigenvalue weighted by Crippen LogP contribution is 2.44. The molecule has 2 aliphatic rings. The topological polar surface area (TPSA) is 119 Å². The van der Waals surface area contributed by atoms with Crippen LogP contribution in [0.2, 0.25) is 0 Å². The second kappa shape index (κ2) is 10.7. The van der Waals surface area contributed by atoms with Gasteiger partial charge in [-0.2, -0.15) is 0 Å². The van der Waals surface area contributed by atoms with Gasteiger partial charge in [-0.25, -0.2) is 0 Å². The van der Waals surface area contributed by atoms with E-state index in [0.717, 1.165) is 0 Å². The molecule has 0 spiro atoms. The molecule has 2 heterocycles. The fourth-order valence-electron chi connectivity index (χ4n) is 3.35. The Morgan fingerprint density at radius 3 is 1.97 bits per heavy atom. The van der Waals surface area contributed by atoms with E-state index in [1.807, 2.05) is 27.7 Å². The molecule has 3 unspecified atom stereocenters. The molecule has 29 heavy (non-hydrogen) atoms. The van der Waals surface area contributed by atoms with Gasteiger partial charge in [0.25, 0.3) is 0 Å². The average Bonchev–Trinajstić information content (AvgIpc) is 3.02. The summed E-state index contributed by atoms with van der Waals surface area (Å²) in [6.45, 7) is 6.86. The van der Waals surface area contributed by atoms with Gasteiger partial charge in [0.1, 0.15) is 43.3 Å². The van der Waals surface area contributed by atoms with Gasteiger partial charge in [0, 0.05) is 0 Å². The van der Waals surface area contributed by atoms with E-state index in [9.17, 15) is 15.1 Å². The summed E-state index contributed by atoms with van der Waals surface area (Å²) in [7, 11) is 0. The molecule has 0 aliphatic carbocycles. The smallest absolute Gasteiger partial charge is 0.121 e. The van der Waals surface area contributed by atoms with Crippen LogP contribution >= 0.6 is 6.72 Å². The molecule has 9 nitrogen and oxygen atoms in total. The molecule has 0 amide bonds. The monoisotopic (exact) mass is 457 g/mol. The first kappa shape index (κ1) is 25.5. The minimum absolute atomic E-state index is 0.0373. The van der Waals surface area contributed by atoms with E-state index in [4.69, 9.17) is 39.8 Å². The third kappa shape index (κ3) is 7.15. The Morgan fingerprint density at radius 2 is 1.45 bits per heavy atom. The molecule has 2 saturated heterocycles. The van der Waals surface area contributed by atoms with Crippen LogP contribution in [-0.2, 0) is 39.8 Å². The minimum Gasteiger partial charge on any atom is -0.780 e. The number of rotatable bonds is 10. The van der Waals surface area contributed by atoms with Crippen LogP contribution in [0.1, 0.15) is 41.5 Å². The normalized spacial score (nSPS) is 40.1. The number of ether oxygens (including phenoxy) is 4. The molecule has 2 fully saturated rings. The summed E-state index contributed by atoms with van der Waals surface area (Å²) in [6.07, 6.45) is -5.84. The predicted octanol–water partition coefficient (Wildman–Crippen LogP) is 0.488. The molecule has 2 aliphatic heterocycles. The Labute approximate surface area is 177 Å². The summed E-state index contributed by atoms with van der Waals surface area (Å²) in [5, 5.41) is 20.6. The van der Waals surface area contributed by atoms with E-state index in [-0.39, 0.29) is 25.4 Å². The maximum Gasteiger partial charge on any atom is 0.121 e. The van der Waals surface area contributed by atoms with E-state index in [2.05, 4.69) is 0 Å². The van der Waals surface area contributed by atoms with Gasteiger partial charge in [-0.15, -0.1) is 0 Å². The molecule has 0 saturated carbocycles. The second-order valence-electron chi connectivity index (χ2n) is 8.09. The summed E-state index contributed by atoms with van der Waals surface area (Å²) in [5.41, 5.74) is 0. The van der Waals surface area contributed by atoms with Crippen LogP contribution in [0.5, 0.6) is 0 Å². The van der Waals surface area contributed by atoms with Crippen molar-refractivity contribution < 1.29 is 43.1 Å². The molecule has 2 rings (SSSR count). The van der Waals surface area contributed by atoms with Crippen LogP contribution < -0.4 is 4.89 Å². The van der Waals surface area contributed by atoms with Gasteiger partial charge >= 0.3 is 0 Å². The van der Waals surface area contributed by atoms with Gasteiger partial charge in [-0.1, -0.05) is 11.8 Å². The Hall–Kier alpha value is 0.290. The molecule has 2 N–H and O–H groups in total. The van der Waals surface area contributed by atoms with Crippen LogP contribution in [0.4, 0.5) is 0 Å². The van der Waals surface area contributed by atoms with Gasteiger partial charge in [-0.3, -0.25) is 0 Å². The quantitative estimate of drug-likeness (QED) is 0.449. The highest BCUT2D eigenvalue weighted by molar-refractivity contribution is 8.06. The van der Waals surface area contributed by atoms with Crippen molar-refractivity contribution in [2.45, 2.75) is 103 Å². The summed E-state index contributed by atoms with van der Waals surface area (Å²) in [4.78, 5) is 12.8. The lowest BCUT2D eigenvalue weighted by atomic mass is 10.1. The maximum absolute atomic E-state index is 12.8. The average molecular weight is 458 g/mol. The van der Waals surface area contributed by atoms with Crippen molar-refractivity contribution in [2.24, 2.45) is 0 Å². The first-order valence-electron chi connectivity index (χ1n) is 9.99. The summed E-state index contributed by atoms with van der Waals surface area (Å²) in [5.74, 6) is 0. The number of aliphatic hydroxyl groups excluding tert-OH is 2. The maximum atomic E-state index is 12.8. The van der Waals surface area contributed by atoms with Gasteiger partial charge in [0.05, 0.1) is 37.6 Å². The summed E-state index contributed by atoms with van der Waals surface area (Å²) in [6, 6.07) is 0. The largest absolute Gasteiger partial charge is 0.780 e. The lowest BCUT2D eigenvalue weighted by molar-refractivity contribution is -0.218. The lowest BCUT2D eigenvalue weighted by Gasteiger charge is -2.34. The van der Waals surface area contributed by atoms with Crippen LogP contribution in [0.15, 0.2) is 0 Å². The second-order valence-corrected chi connectivity index (χ2v) is 10.8. The Morgan fingerprint density at radius 1 is 0.931 bits per heavy atom. The van der Waals surface area contributed by atoms with Crippen LogP contribution in [0.25, 0.3) is 0 Å². The van der Waals surface area contributed by atoms with Gasteiger partial charge in [0.15, 0.2) is 0 Å².